The molecule has 5 nitrogen and oxygen atoms in total. The number of amides is 1. The summed E-state index contributed by atoms with van der Waals surface area (Å²) in [6, 6.07) is 0. The van der Waals surface area contributed by atoms with Crippen LogP contribution in [0.25, 0.3) is 0 Å². The van der Waals surface area contributed by atoms with Crippen molar-refractivity contribution in [1.82, 2.24) is 10.3 Å². The van der Waals surface area contributed by atoms with Gasteiger partial charge in [-0.1, -0.05) is 32.6 Å². The zero-order chi connectivity index (χ0) is 14.8. The van der Waals surface area contributed by atoms with E-state index in [0.717, 1.165) is 17.8 Å². The lowest BCUT2D eigenvalue weighted by Gasteiger charge is -2.03. The summed E-state index contributed by atoms with van der Waals surface area (Å²) in [6.07, 6.45) is 6.83. The second kappa shape index (κ2) is 9.47. The standard InChI is InChI=1S/C14H22N2O3S/c1-2-3-4-5-6-7-12(17)15-9-8-13-16-11(10-20-13)14(18)19/h10H,2-9H2,1H3,(H,15,17)(H,18,19). The molecule has 1 aromatic heterocycles. The summed E-state index contributed by atoms with van der Waals surface area (Å²) in [6.45, 7) is 2.68. The minimum absolute atomic E-state index is 0.0662. The Bertz CT molecular complexity index is 432. The van der Waals surface area contributed by atoms with Crippen LogP contribution >= 0.6 is 11.3 Å². The van der Waals surface area contributed by atoms with Crippen molar-refractivity contribution < 1.29 is 14.7 Å². The first-order valence-corrected chi connectivity index (χ1v) is 7.95. The number of carboxylic acid groups (broad SMARTS) is 1. The predicted octanol–water partition coefficient (Wildman–Crippen LogP) is 2.86. The number of rotatable bonds is 10. The van der Waals surface area contributed by atoms with Crippen LogP contribution in [0.1, 0.15) is 60.9 Å². The molecule has 0 saturated heterocycles. The lowest BCUT2D eigenvalue weighted by molar-refractivity contribution is -0.121. The molecule has 1 rings (SSSR count). The first-order valence-electron chi connectivity index (χ1n) is 7.08. The van der Waals surface area contributed by atoms with Crippen molar-refractivity contribution in [2.45, 2.75) is 51.9 Å². The molecule has 6 heteroatoms. The van der Waals surface area contributed by atoms with Crippen LogP contribution < -0.4 is 5.32 Å². The summed E-state index contributed by atoms with van der Waals surface area (Å²) in [7, 11) is 0. The summed E-state index contributed by atoms with van der Waals surface area (Å²) < 4.78 is 0. The number of aromatic nitrogens is 1. The second-order valence-electron chi connectivity index (χ2n) is 4.70. The van der Waals surface area contributed by atoms with E-state index in [1.165, 1.54) is 36.0 Å². The van der Waals surface area contributed by atoms with Crippen LogP contribution in [-0.4, -0.2) is 28.5 Å². The third-order valence-electron chi connectivity index (χ3n) is 2.94. The number of carbonyl (C=O) groups is 2. The Balaban J connectivity index is 2.10. The van der Waals surface area contributed by atoms with Gasteiger partial charge in [0.15, 0.2) is 5.69 Å². The van der Waals surface area contributed by atoms with Gasteiger partial charge in [-0.15, -0.1) is 11.3 Å². The molecule has 1 heterocycles. The molecule has 0 atom stereocenters. The number of carboxylic acids is 1. The molecule has 0 aliphatic carbocycles. The van der Waals surface area contributed by atoms with Crippen LogP contribution in [0.15, 0.2) is 5.38 Å². The van der Waals surface area contributed by atoms with Crippen molar-refractivity contribution in [3.8, 4) is 0 Å². The maximum absolute atomic E-state index is 11.6. The number of aromatic carboxylic acids is 1. The molecular formula is C14H22N2O3S. The van der Waals surface area contributed by atoms with E-state index < -0.39 is 5.97 Å². The van der Waals surface area contributed by atoms with Gasteiger partial charge in [-0.05, 0) is 6.42 Å². The quantitative estimate of drug-likeness (QED) is 0.651. The molecule has 20 heavy (non-hydrogen) atoms. The summed E-state index contributed by atoms with van der Waals surface area (Å²) in [4.78, 5) is 26.2. The van der Waals surface area contributed by atoms with Crippen LogP contribution in [0.2, 0.25) is 0 Å². The molecule has 0 aliphatic rings. The normalized spacial score (nSPS) is 10.4. The number of thiazole rings is 1. The van der Waals surface area contributed by atoms with Gasteiger partial charge in [-0.3, -0.25) is 4.79 Å². The Morgan fingerprint density at radius 1 is 1.30 bits per heavy atom. The summed E-state index contributed by atoms with van der Waals surface area (Å²) in [5, 5.41) is 13.8. The highest BCUT2D eigenvalue weighted by atomic mass is 32.1. The summed E-state index contributed by atoms with van der Waals surface area (Å²) in [5.41, 5.74) is 0.0762. The number of carbonyl (C=O) groups excluding carboxylic acids is 1. The Morgan fingerprint density at radius 3 is 2.70 bits per heavy atom. The van der Waals surface area contributed by atoms with E-state index in [1.54, 1.807) is 0 Å². The van der Waals surface area contributed by atoms with Crippen LogP contribution in [0.3, 0.4) is 0 Å². The molecule has 0 spiro atoms. The van der Waals surface area contributed by atoms with Crippen LogP contribution in [0.5, 0.6) is 0 Å². The van der Waals surface area contributed by atoms with Gasteiger partial charge in [-0.2, -0.15) is 0 Å². The first-order chi connectivity index (χ1) is 9.63. The minimum Gasteiger partial charge on any atom is -0.476 e. The van der Waals surface area contributed by atoms with Gasteiger partial charge in [0.05, 0.1) is 5.01 Å². The third-order valence-corrected chi connectivity index (χ3v) is 3.85. The highest BCUT2D eigenvalue weighted by Gasteiger charge is 2.08. The Morgan fingerprint density at radius 2 is 2.05 bits per heavy atom. The van der Waals surface area contributed by atoms with Gasteiger partial charge in [0.2, 0.25) is 5.91 Å². The van der Waals surface area contributed by atoms with Gasteiger partial charge in [0.1, 0.15) is 0 Å². The molecule has 0 aliphatic heterocycles. The van der Waals surface area contributed by atoms with Gasteiger partial charge < -0.3 is 10.4 Å². The average molecular weight is 298 g/mol. The van der Waals surface area contributed by atoms with E-state index in [-0.39, 0.29) is 11.6 Å². The molecule has 0 fully saturated rings. The Hall–Kier alpha value is -1.43. The van der Waals surface area contributed by atoms with Gasteiger partial charge in [0, 0.05) is 24.8 Å². The monoisotopic (exact) mass is 298 g/mol. The molecule has 0 aromatic carbocycles. The third kappa shape index (κ3) is 6.65. The zero-order valence-electron chi connectivity index (χ0n) is 11.9. The van der Waals surface area contributed by atoms with Gasteiger partial charge >= 0.3 is 5.97 Å². The molecule has 112 valence electrons. The Kier molecular flexibility index (Phi) is 7.87. The lowest BCUT2D eigenvalue weighted by Crippen LogP contribution is -2.25. The number of unbranched alkanes of at least 4 members (excludes halogenated alkanes) is 4. The SMILES string of the molecule is CCCCCCCC(=O)NCCc1nc(C(=O)O)cs1. The zero-order valence-corrected chi connectivity index (χ0v) is 12.7. The number of nitrogens with one attached hydrogen (secondary N) is 1. The number of hydrogen-bond acceptors (Lipinski definition) is 4. The number of nitrogens with zero attached hydrogens (tertiary/aromatic N) is 1. The molecule has 0 radical (unpaired) electrons. The van der Waals surface area contributed by atoms with E-state index in [1.807, 2.05) is 0 Å². The molecule has 1 aromatic rings. The Labute approximate surface area is 123 Å². The smallest absolute Gasteiger partial charge is 0.355 e. The minimum atomic E-state index is -1.01. The van der Waals surface area contributed by atoms with Crippen molar-refractivity contribution in [1.29, 1.82) is 0 Å². The topological polar surface area (TPSA) is 79.3 Å². The largest absolute Gasteiger partial charge is 0.476 e. The molecule has 1 amide bonds. The van der Waals surface area contributed by atoms with E-state index in [2.05, 4.69) is 17.2 Å². The summed E-state index contributed by atoms with van der Waals surface area (Å²) >= 11 is 1.31. The molecule has 0 saturated carbocycles. The van der Waals surface area contributed by atoms with Crippen LogP contribution in [0, 0.1) is 0 Å². The molecule has 0 unspecified atom stereocenters. The van der Waals surface area contributed by atoms with E-state index >= 15 is 0 Å². The maximum Gasteiger partial charge on any atom is 0.355 e. The maximum atomic E-state index is 11.6. The fourth-order valence-corrected chi connectivity index (χ4v) is 2.58. The van der Waals surface area contributed by atoms with Crippen LogP contribution in [0.4, 0.5) is 0 Å². The molecule has 2 N–H and O–H groups in total. The highest BCUT2D eigenvalue weighted by Crippen LogP contribution is 2.10. The molecular weight excluding hydrogens is 276 g/mol. The number of hydrogen-bond donors (Lipinski definition) is 2. The predicted molar refractivity (Wildman–Crippen MR) is 79.2 cm³/mol. The van der Waals surface area contributed by atoms with Gasteiger partial charge in [-0.25, -0.2) is 9.78 Å². The van der Waals surface area contributed by atoms with E-state index in [4.69, 9.17) is 5.11 Å². The van der Waals surface area contributed by atoms with E-state index in [0.29, 0.717) is 19.4 Å². The van der Waals surface area contributed by atoms with Crippen molar-refractivity contribution in [3.05, 3.63) is 16.1 Å². The first kappa shape index (κ1) is 16.6. The van der Waals surface area contributed by atoms with Crippen molar-refractivity contribution in [2.24, 2.45) is 0 Å². The van der Waals surface area contributed by atoms with Crippen LogP contribution in [-0.2, 0) is 11.2 Å². The second-order valence-corrected chi connectivity index (χ2v) is 5.64. The fourth-order valence-electron chi connectivity index (χ4n) is 1.81. The highest BCUT2D eigenvalue weighted by molar-refractivity contribution is 7.09. The van der Waals surface area contributed by atoms with Crippen molar-refractivity contribution in [3.63, 3.8) is 0 Å². The lowest BCUT2D eigenvalue weighted by atomic mass is 10.1. The van der Waals surface area contributed by atoms with Crippen molar-refractivity contribution in [2.75, 3.05) is 6.54 Å². The average Bonchev–Trinajstić information content (AvgIpc) is 2.87. The van der Waals surface area contributed by atoms with Crippen molar-refractivity contribution >= 4 is 23.2 Å². The molecule has 0 bridgehead atoms. The van der Waals surface area contributed by atoms with Gasteiger partial charge in [0.25, 0.3) is 0 Å². The fraction of sp³-hybridized carbons (Fsp3) is 0.643. The van der Waals surface area contributed by atoms with E-state index in [9.17, 15) is 9.59 Å². The summed E-state index contributed by atoms with van der Waals surface area (Å²) in [5.74, 6) is -0.944.